The number of hydrogen-bond acceptors (Lipinski definition) is 5. The molecule has 0 aliphatic carbocycles. The van der Waals surface area contributed by atoms with Crippen molar-refractivity contribution in [1.29, 1.82) is 0 Å². The van der Waals surface area contributed by atoms with Gasteiger partial charge in [-0.15, -0.1) is 0 Å². The highest BCUT2D eigenvalue weighted by atomic mass is 16.6. The molecular formula is C21H25NO5. The van der Waals surface area contributed by atoms with Crippen molar-refractivity contribution in [2.24, 2.45) is 0 Å². The van der Waals surface area contributed by atoms with Crippen molar-refractivity contribution in [2.45, 2.75) is 26.2 Å². The molecule has 1 unspecified atom stereocenters. The molecule has 0 aromatic heterocycles. The molecule has 0 bridgehead atoms. The predicted molar refractivity (Wildman–Crippen MR) is 103 cm³/mol. The van der Waals surface area contributed by atoms with Gasteiger partial charge in [0.25, 0.3) is 5.91 Å². The van der Waals surface area contributed by atoms with Crippen LogP contribution < -0.4 is 14.8 Å². The monoisotopic (exact) mass is 371 g/mol. The average Bonchev–Trinajstić information content (AvgIpc) is 2.71. The normalized spacial score (nSPS) is 11.4. The third-order valence-corrected chi connectivity index (χ3v) is 4.14. The van der Waals surface area contributed by atoms with Crippen molar-refractivity contribution in [2.75, 3.05) is 25.6 Å². The first-order valence-electron chi connectivity index (χ1n) is 8.84. The van der Waals surface area contributed by atoms with E-state index >= 15 is 0 Å². The summed E-state index contributed by atoms with van der Waals surface area (Å²) in [7, 11) is 1.30. The summed E-state index contributed by atoms with van der Waals surface area (Å²) < 4.78 is 15.5. The van der Waals surface area contributed by atoms with Gasteiger partial charge in [0.1, 0.15) is 11.5 Å². The van der Waals surface area contributed by atoms with Gasteiger partial charge in [-0.3, -0.25) is 4.79 Å². The molecule has 0 aliphatic rings. The molecule has 2 rings (SSSR count). The molecule has 1 N–H and O–H groups in total. The molecule has 144 valence electrons. The Bertz CT molecular complexity index is 757. The number of hydrogen-bond donors (Lipinski definition) is 1. The van der Waals surface area contributed by atoms with Crippen molar-refractivity contribution in [1.82, 2.24) is 0 Å². The molecule has 0 saturated heterocycles. The maximum Gasteiger partial charge on any atom is 0.343 e. The number of rotatable bonds is 9. The number of benzene rings is 2. The molecule has 2 aromatic rings. The third kappa shape index (κ3) is 6.33. The van der Waals surface area contributed by atoms with E-state index in [1.165, 1.54) is 7.11 Å². The van der Waals surface area contributed by atoms with Crippen LogP contribution in [0.25, 0.3) is 0 Å². The minimum atomic E-state index is -0.456. The second-order valence-electron chi connectivity index (χ2n) is 6.07. The van der Waals surface area contributed by atoms with Gasteiger partial charge in [0.15, 0.2) is 13.2 Å². The van der Waals surface area contributed by atoms with Crippen LogP contribution in [-0.2, 0) is 14.3 Å². The van der Waals surface area contributed by atoms with E-state index in [9.17, 15) is 9.59 Å². The second-order valence-corrected chi connectivity index (χ2v) is 6.07. The van der Waals surface area contributed by atoms with Gasteiger partial charge in [-0.2, -0.15) is 0 Å². The van der Waals surface area contributed by atoms with Gasteiger partial charge < -0.3 is 19.5 Å². The molecule has 6 nitrogen and oxygen atoms in total. The quantitative estimate of drug-likeness (QED) is 0.679. The number of carbonyl (C=O) groups excluding carboxylic acids is 2. The lowest BCUT2D eigenvalue weighted by atomic mass is 9.98. The molecule has 0 saturated carbocycles. The van der Waals surface area contributed by atoms with Crippen LogP contribution in [0.1, 0.15) is 31.7 Å². The molecule has 0 fully saturated rings. The maximum atomic E-state index is 12.1. The topological polar surface area (TPSA) is 73.9 Å². The Morgan fingerprint density at radius 3 is 2.37 bits per heavy atom. The summed E-state index contributed by atoms with van der Waals surface area (Å²) in [4.78, 5) is 23.2. The van der Waals surface area contributed by atoms with Gasteiger partial charge in [0, 0.05) is 5.69 Å². The van der Waals surface area contributed by atoms with Gasteiger partial charge in [-0.05, 0) is 48.2 Å². The van der Waals surface area contributed by atoms with E-state index in [-0.39, 0.29) is 19.1 Å². The summed E-state index contributed by atoms with van der Waals surface area (Å²) in [5.74, 6) is 0.895. The number of nitrogens with one attached hydrogen (secondary N) is 1. The fourth-order valence-corrected chi connectivity index (χ4v) is 2.42. The first kappa shape index (κ1) is 20.3. The summed E-state index contributed by atoms with van der Waals surface area (Å²) in [6, 6.07) is 14.5. The van der Waals surface area contributed by atoms with Gasteiger partial charge in [0.05, 0.1) is 7.11 Å². The van der Waals surface area contributed by atoms with E-state index in [1.807, 2.05) is 24.3 Å². The summed E-state index contributed by atoms with van der Waals surface area (Å²) in [5.41, 5.74) is 1.71. The smallest absolute Gasteiger partial charge is 0.343 e. The van der Waals surface area contributed by atoms with Crippen molar-refractivity contribution in [3.8, 4) is 11.5 Å². The lowest BCUT2D eigenvalue weighted by molar-refractivity contribution is -0.142. The second kappa shape index (κ2) is 10.2. The molecule has 27 heavy (non-hydrogen) atoms. The lowest BCUT2D eigenvalue weighted by Crippen LogP contribution is -2.20. The van der Waals surface area contributed by atoms with Crippen LogP contribution in [0.2, 0.25) is 0 Å². The van der Waals surface area contributed by atoms with Crippen molar-refractivity contribution >= 4 is 17.6 Å². The molecule has 0 aliphatic heterocycles. The van der Waals surface area contributed by atoms with Crippen LogP contribution in [-0.4, -0.2) is 32.2 Å². The molecule has 1 atom stereocenters. The summed E-state index contributed by atoms with van der Waals surface area (Å²) in [6.45, 7) is 4.01. The van der Waals surface area contributed by atoms with E-state index in [4.69, 9.17) is 9.47 Å². The third-order valence-electron chi connectivity index (χ3n) is 4.14. The summed E-state index contributed by atoms with van der Waals surface area (Å²) in [5, 5.41) is 2.77. The van der Waals surface area contributed by atoms with Crippen LogP contribution in [0.4, 0.5) is 5.69 Å². The van der Waals surface area contributed by atoms with E-state index in [0.29, 0.717) is 17.4 Å². The number of esters is 1. The molecule has 0 spiro atoms. The van der Waals surface area contributed by atoms with Gasteiger partial charge >= 0.3 is 5.97 Å². The van der Waals surface area contributed by atoms with E-state index < -0.39 is 5.97 Å². The van der Waals surface area contributed by atoms with Gasteiger partial charge in [0.2, 0.25) is 0 Å². The number of carbonyl (C=O) groups is 2. The van der Waals surface area contributed by atoms with Gasteiger partial charge in [-0.1, -0.05) is 32.0 Å². The fraction of sp³-hybridized carbons (Fsp3) is 0.333. The largest absolute Gasteiger partial charge is 0.483 e. The zero-order valence-electron chi connectivity index (χ0n) is 15.9. The minimum absolute atomic E-state index is 0.0754. The highest BCUT2D eigenvalue weighted by Gasteiger charge is 2.11. The van der Waals surface area contributed by atoms with Crippen LogP contribution in [0.5, 0.6) is 11.5 Å². The summed E-state index contributed by atoms with van der Waals surface area (Å²) in [6.07, 6.45) is 0.997. The lowest BCUT2D eigenvalue weighted by Gasteiger charge is -2.15. The average molecular weight is 371 g/mol. The number of methoxy groups -OCH3 is 1. The highest BCUT2D eigenvalue weighted by Crippen LogP contribution is 2.28. The Kier molecular flexibility index (Phi) is 7.67. The SMILES string of the molecule is CCC(C)c1ccccc1OCC(=O)Nc1ccc(OCC(=O)OC)cc1. The Morgan fingerprint density at radius 2 is 1.70 bits per heavy atom. The van der Waals surface area contributed by atoms with Crippen LogP contribution in [0, 0.1) is 0 Å². The zero-order valence-corrected chi connectivity index (χ0v) is 15.9. The molecule has 6 heteroatoms. The Hall–Kier alpha value is -3.02. The predicted octanol–water partition coefficient (Wildman–Crippen LogP) is 3.77. The Balaban J connectivity index is 1.87. The molecule has 0 heterocycles. The van der Waals surface area contributed by atoms with Crippen LogP contribution in [0.3, 0.4) is 0 Å². The highest BCUT2D eigenvalue weighted by molar-refractivity contribution is 5.91. The molecule has 0 radical (unpaired) electrons. The molecular weight excluding hydrogens is 346 g/mol. The van der Waals surface area contributed by atoms with Crippen molar-refractivity contribution in [3.05, 3.63) is 54.1 Å². The number of ether oxygens (including phenoxy) is 3. The van der Waals surface area contributed by atoms with Crippen molar-refractivity contribution < 1.29 is 23.8 Å². The van der Waals surface area contributed by atoms with E-state index in [2.05, 4.69) is 23.9 Å². The fourth-order valence-electron chi connectivity index (χ4n) is 2.42. The number of amides is 1. The van der Waals surface area contributed by atoms with Crippen molar-refractivity contribution in [3.63, 3.8) is 0 Å². The van der Waals surface area contributed by atoms with Gasteiger partial charge in [-0.25, -0.2) is 4.79 Å². The summed E-state index contributed by atoms with van der Waals surface area (Å²) >= 11 is 0. The zero-order chi connectivity index (χ0) is 19.6. The first-order chi connectivity index (χ1) is 13.0. The molecule has 1 amide bonds. The van der Waals surface area contributed by atoms with Crippen LogP contribution >= 0.6 is 0 Å². The Morgan fingerprint density at radius 1 is 1.00 bits per heavy atom. The number of para-hydroxylation sites is 1. The molecule has 2 aromatic carbocycles. The van der Waals surface area contributed by atoms with E-state index in [1.54, 1.807) is 24.3 Å². The maximum absolute atomic E-state index is 12.1. The first-order valence-corrected chi connectivity index (χ1v) is 8.84. The Labute approximate surface area is 159 Å². The minimum Gasteiger partial charge on any atom is -0.483 e. The number of anilines is 1. The van der Waals surface area contributed by atoms with E-state index in [0.717, 1.165) is 17.7 Å². The standard InChI is InChI=1S/C21H25NO5/c1-4-15(2)18-7-5-6-8-19(18)27-13-20(23)22-16-9-11-17(12-10-16)26-14-21(24)25-3/h5-12,15H,4,13-14H2,1-3H3,(H,22,23). The van der Waals surface area contributed by atoms with Crippen LogP contribution in [0.15, 0.2) is 48.5 Å².